The molecule has 22 heavy (non-hydrogen) atoms. The number of hydrogen-bond acceptors (Lipinski definition) is 2. The van der Waals surface area contributed by atoms with Gasteiger partial charge in [-0.25, -0.2) is 0 Å². The molecule has 1 saturated carbocycles. The third kappa shape index (κ3) is 3.69. The van der Waals surface area contributed by atoms with Crippen LogP contribution in [0.1, 0.15) is 37.9 Å². The third-order valence-electron chi connectivity index (χ3n) is 4.36. The Morgan fingerprint density at radius 1 is 1.09 bits per heavy atom. The van der Waals surface area contributed by atoms with Gasteiger partial charge in [-0.1, -0.05) is 49.2 Å². The largest absolute Gasteiger partial charge is 0.496 e. The summed E-state index contributed by atoms with van der Waals surface area (Å²) < 4.78 is 11.5. The van der Waals surface area contributed by atoms with Crippen LogP contribution in [0.3, 0.4) is 0 Å². The van der Waals surface area contributed by atoms with E-state index in [9.17, 15) is 0 Å². The lowest BCUT2D eigenvalue weighted by molar-refractivity contribution is 0.0615. The van der Waals surface area contributed by atoms with Crippen LogP contribution in [0, 0.1) is 5.92 Å². The molecule has 116 valence electrons. The lowest BCUT2D eigenvalue weighted by atomic mass is 10.0. The highest BCUT2D eigenvalue weighted by atomic mass is 16.5. The van der Waals surface area contributed by atoms with E-state index in [2.05, 4.69) is 37.3 Å². The maximum atomic E-state index is 6.00. The van der Waals surface area contributed by atoms with Crippen LogP contribution in [0.4, 0.5) is 0 Å². The minimum Gasteiger partial charge on any atom is -0.496 e. The summed E-state index contributed by atoms with van der Waals surface area (Å²) in [5.74, 6) is 1.83. The first-order chi connectivity index (χ1) is 10.8. The van der Waals surface area contributed by atoms with E-state index >= 15 is 0 Å². The van der Waals surface area contributed by atoms with Gasteiger partial charge in [-0.15, -0.1) is 0 Å². The highest BCUT2D eigenvalue weighted by Crippen LogP contribution is 2.34. The van der Waals surface area contributed by atoms with Gasteiger partial charge >= 0.3 is 0 Å². The van der Waals surface area contributed by atoms with E-state index in [1.807, 2.05) is 18.2 Å². The van der Waals surface area contributed by atoms with Gasteiger partial charge in [0, 0.05) is 12.2 Å². The third-order valence-corrected chi connectivity index (χ3v) is 4.36. The lowest BCUT2D eigenvalue weighted by Crippen LogP contribution is -2.02. The van der Waals surface area contributed by atoms with Crippen LogP contribution in [0.2, 0.25) is 0 Å². The van der Waals surface area contributed by atoms with Gasteiger partial charge in [-0.3, -0.25) is 0 Å². The van der Waals surface area contributed by atoms with Crippen molar-refractivity contribution in [2.75, 3.05) is 13.7 Å². The first-order valence-corrected chi connectivity index (χ1v) is 8.13. The molecular formula is C20H24O2. The number of ether oxygens (including phenoxy) is 2. The molecule has 0 radical (unpaired) electrons. The second-order valence-electron chi connectivity index (χ2n) is 6.07. The molecule has 1 unspecified atom stereocenters. The zero-order chi connectivity index (χ0) is 15.4. The topological polar surface area (TPSA) is 18.5 Å². The SMILES string of the molecule is COc1ccccc1-c1cccc(C(C)OCCC2CC2)c1. The molecule has 2 aromatic rings. The Hall–Kier alpha value is -1.80. The van der Waals surface area contributed by atoms with Gasteiger partial charge < -0.3 is 9.47 Å². The fraction of sp³-hybridized carbons (Fsp3) is 0.400. The molecule has 0 N–H and O–H groups in total. The number of rotatable bonds is 7. The van der Waals surface area contributed by atoms with E-state index in [4.69, 9.17) is 9.47 Å². The predicted octanol–water partition coefficient (Wildman–Crippen LogP) is 5.24. The fourth-order valence-corrected chi connectivity index (χ4v) is 2.76. The molecule has 1 fully saturated rings. The highest BCUT2D eigenvalue weighted by molar-refractivity contribution is 5.70. The summed E-state index contributed by atoms with van der Waals surface area (Å²) in [7, 11) is 1.71. The van der Waals surface area contributed by atoms with Crippen molar-refractivity contribution in [3.8, 4) is 16.9 Å². The van der Waals surface area contributed by atoms with Crippen molar-refractivity contribution in [2.45, 2.75) is 32.3 Å². The number of benzene rings is 2. The van der Waals surface area contributed by atoms with Crippen molar-refractivity contribution < 1.29 is 9.47 Å². The van der Waals surface area contributed by atoms with Crippen LogP contribution in [-0.2, 0) is 4.74 Å². The molecule has 1 aliphatic rings. The quantitative estimate of drug-likeness (QED) is 0.695. The first-order valence-electron chi connectivity index (χ1n) is 8.13. The van der Waals surface area contributed by atoms with Crippen molar-refractivity contribution >= 4 is 0 Å². The second kappa shape index (κ2) is 6.97. The van der Waals surface area contributed by atoms with Gasteiger partial charge in [0.05, 0.1) is 13.2 Å². The number of methoxy groups -OCH3 is 1. The Balaban J connectivity index is 1.73. The molecule has 2 aromatic carbocycles. The highest BCUT2D eigenvalue weighted by Gasteiger charge is 2.21. The zero-order valence-electron chi connectivity index (χ0n) is 13.4. The maximum absolute atomic E-state index is 6.00. The molecular weight excluding hydrogens is 272 g/mol. The molecule has 0 aliphatic heterocycles. The van der Waals surface area contributed by atoms with Gasteiger partial charge in [0.25, 0.3) is 0 Å². The van der Waals surface area contributed by atoms with Crippen LogP contribution < -0.4 is 4.74 Å². The van der Waals surface area contributed by atoms with E-state index in [1.165, 1.54) is 30.4 Å². The van der Waals surface area contributed by atoms with Crippen LogP contribution >= 0.6 is 0 Å². The molecule has 0 amide bonds. The van der Waals surface area contributed by atoms with Crippen molar-refractivity contribution in [1.29, 1.82) is 0 Å². The molecule has 0 aromatic heterocycles. The first kappa shape index (κ1) is 15.1. The smallest absolute Gasteiger partial charge is 0.126 e. The molecule has 1 atom stereocenters. The van der Waals surface area contributed by atoms with E-state index in [1.54, 1.807) is 7.11 Å². The Morgan fingerprint density at radius 2 is 1.91 bits per heavy atom. The second-order valence-corrected chi connectivity index (χ2v) is 6.07. The summed E-state index contributed by atoms with van der Waals surface area (Å²) in [4.78, 5) is 0. The van der Waals surface area contributed by atoms with E-state index in [-0.39, 0.29) is 6.10 Å². The van der Waals surface area contributed by atoms with Crippen molar-refractivity contribution in [3.63, 3.8) is 0 Å². The fourth-order valence-electron chi connectivity index (χ4n) is 2.76. The average molecular weight is 296 g/mol. The summed E-state index contributed by atoms with van der Waals surface area (Å²) in [6.07, 6.45) is 4.12. The van der Waals surface area contributed by atoms with E-state index in [0.29, 0.717) is 0 Å². The molecule has 0 bridgehead atoms. The van der Waals surface area contributed by atoms with Gasteiger partial charge in [0.2, 0.25) is 0 Å². The standard InChI is InChI=1S/C20H24O2/c1-15(22-13-12-16-10-11-16)17-6-5-7-18(14-17)19-8-3-4-9-20(19)21-2/h3-9,14-16H,10-13H2,1-2H3. The molecule has 3 rings (SSSR count). The van der Waals surface area contributed by atoms with Crippen LogP contribution in [0.15, 0.2) is 48.5 Å². The van der Waals surface area contributed by atoms with Crippen molar-refractivity contribution in [1.82, 2.24) is 0 Å². The van der Waals surface area contributed by atoms with Gasteiger partial charge in [-0.05, 0) is 42.5 Å². The van der Waals surface area contributed by atoms with E-state index < -0.39 is 0 Å². The summed E-state index contributed by atoms with van der Waals surface area (Å²) in [5, 5.41) is 0. The zero-order valence-corrected chi connectivity index (χ0v) is 13.4. The summed E-state index contributed by atoms with van der Waals surface area (Å²) in [5.41, 5.74) is 3.52. The minimum atomic E-state index is 0.133. The molecule has 1 aliphatic carbocycles. The van der Waals surface area contributed by atoms with Crippen LogP contribution in [0.5, 0.6) is 5.75 Å². The monoisotopic (exact) mass is 296 g/mol. The number of hydrogen-bond donors (Lipinski definition) is 0. The van der Waals surface area contributed by atoms with Gasteiger partial charge in [0.1, 0.15) is 5.75 Å². The summed E-state index contributed by atoms with van der Waals surface area (Å²) >= 11 is 0. The van der Waals surface area contributed by atoms with Crippen molar-refractivity contribution in [2.24, 2.45) is 5.92 Å². The Morgan fingerprint density at radius 3 is 2.68 bits per heavy atom. The Kier molecular flexibility index (Phi) is 4.79. The normalized spacial score (nSPS) is 15.5. The average Bonchev–Trinajstić information content (AvgIpc) is 3.39. The maximum Gasteiger partial charge on any atom is 0.126 e. The Labute approximate surface area is 133 Å². The Bertz CT molecular complexity index is 617. The molecule has 2 heteroatoms. The minimum absolute atomic E-state index is 0.133. The molecule has 2 nitrogen and oxygen atoms in total. The molecule has 0 saturated heterocycles. The molecule has 0 spiro atoms. The number of para-hydroxylation sites is 1. The van der Waals surface area contributed by atoms with Gasteiger partial charge in [0.15, 0.2) is 0 Å². The molecule has 0 heterocycles. The lowest BCUT2D eigenvalue weighted by Gasteiger charge is -2.15. The van der Waals surface area contributed by atoms with Gasteiger partial charge in [-0.2, -0.15) is 0 Å². The van der Waals surface area contributed by atoms with E-state index in [0.717, 1.165) is 23.8 Å². The van der Waals surface area contributed by atoms with Crippen LogP contribution in [-0.4, -0.2) is 13.7 Å². The summed E-state index contributed by atoms with van der Waals surface area (Å²) in [6, 6.07) is 16.7. The predicted molar refractivity (Wildman–Crippen MR) is 90.1 cm³/mol. The summed E-state index contributed by atoms with van der Waals surface area (Å²) in [6.45, 7) is 3.00. The van der Waals surface area contributed by atoms with Crippen LogP contribution in [0.25, 0.3) is 11.1 Å². The van der Waals surface area contributed by atoms with Crippen molar-refractivity contribution in [3.05, 3.63) is 54.1 Å².